The Labute approximate surface area is 114 Å². The van der Waals surface area contributed by atoms with E-state index in [0.717, 1.165) is 0 Å². The highest BCUT2D eigenvalue weighted by Gasteiger charge is 2.39. The summed E-state index contributed by atoms with van der Waals surface area (Å²) in [6, 6.07) is 17.0. The molecule has 2 aliphatic heterocycles. The minimum absolute atomic E-state index is 0.213. The Kier molecular flexibility index (Phi) is 2.82. The van der Waals surface area contributed by atoms with Gasteiger partial charge in [0, 0.05) is 7.05 Å². The monoisotopic (exact) mass is 253 g/mol. The summed E-state index contributed by atoms with van der Waals surface area (Å²) in [6.07, 6.45) is 0.213. The predicted molar refractivity (Wildman–Crippen MR) is 82.2 cm³/mol. The van der Waals surface area contributed by atoms with Gasteiger partial charge in [-0.15, -0.1) is 0 Å². The Bertz CT molecular complexity index is 594. The van der Waals surface area contributed by atoms with E-state index in [9.17, 15) is 0 Å². The first-order valence-corrected chi connectivity index (χ1v) is 6.83. The third-order valence-electron chi connectivity index (χ3n) is 3.58. The van der Waals surface area contributed by atoms with Crippen LogP contribution < -0.4 is 15.1 Å². The van der Waals surface area contributed by atoms with Gasteiger partial charge < -0.3 is 10.2 Å². The van der Waals surface area contributed by atoms with Crippen molar-refractivity contribution in [3.05, 3.63) is 48.5 Å². The second-order valence-electron chi connectivity index (χ2n) is 4.50. The third-order valence-corrected chi connectivity index (χ3v) is 3.58. The number of nitrogens with one attached hydrogen (secondary N) is 1. The molecule has 1 unspecified atom stereocenters. The molecule has 2 aromatic carbocycles. The van der Waals surface area contributed by atoms with Crippen molar-refractivity contribution >= 4 is 22.7 Å². The van der Waals surface area contributed by atoms with E-state index < -0.39 is 0 Å². The molecule has 0 aromatic heterocycles. The number of rotatable bonds is 0. The Hall–Kier alpha value is -2.16. The van der Waals surface area contributed by atoms with E-state index in [4.69, 9.17) is 0 Å². The average Bonchev–Trinajstić information content (AvgIpc) is 2.99. The van der Waals surface area contributed by atoms with Crippen molar-refractivity contribution in [1.29, 1.82) is 0 Å². The number of para-hydroxylation sites is 4. The van der Waals surface area contributed by atoms with Crippen LogP contribution >= 0.6 is 0 Å². The number of benzene rings is 2. The zero-order valence-electron chi connectivity index (χ0n) is 11.6. The molecule has 0 saturated heterocycles. The smallest absolute Gasteiger partial charge is 0.183 e. The highest BCUT2D eigenvalue weighted by atomic mass is 15.5. The predicted octanol–water partition coefficient (Wildman–Crippen LogP) is 4.01. The van der Waals surface area contributed by atoms with Crippen LogP contribution in [-0.4, -0.2) is 13.3 Å². The molecule has 1 atom stereocenters. The van der Waals surface area contributed by atoms with E-state index in [1.54, 1.807) is 0 Å². The van der Waals surface area contributed by atoms with Gasteiger partial charge in [-0.25, -0.2) is 0 Å². The molecule has 4 rings (SSSR count). The van der Waals surface area contributed by atoms with Crippen molar-refractivity contribution < 1.29 is 0 Å². The van der Waals surface area contributed by atoms with Gasteiger partial charge in [-0.3, -0.25) is 4.90 Å². The molecule has 1 N–H and O–H groups in total. The van der Waals surface area contributed by atoms with Gasteiger partial charge in [0.2, 0.25) is 0 Å². The van der Waals surface area contributed by atoms with Crippen molar-refractivity contribution in [2.45, 2.75) is 20.1 Å². The van der Waals surface area contributed by atoms with E-state index >= 15 is 0 Å². The molecule has 0 fully saturated rings. The van der Waals surface area contributed by atoms with E-state index in [1.165, 1.54) is 22.7 Å². The molecule has 3 heteroatoms. The van der Waals surface area contributed by atoms with E-state index in [2.05, 4.69) is 70.7 Å². The Morgan fingerprint density at radius 2 is 1.42 bits per heavy atom. The maximum absolute atomic E-state index is 3.54. The van der Waals surface area contributed by atoms with E-state index in [0.29, 0.717) is 0 Å². The van der Waals surface area contributed by atoms with Crippen LogP contribution in [0.5, 0.6) is 0 Å². The first-order valence-electron chi connectivity index (χ1n) is 6.83. The summed E-state index contributed by atoms with van der Waals surface area (Å²) in [7, 11) is 2.13. The first kappa shape index (κ1) is 11.9. The minimum Gasteiger partial charge on any atom is -0.346 e. The van der Waals surface area contributed by atoms with Gasteiger partial charge in [0.25, 0.3) is 0 Å². The standard InChI is InChI=1S/C14H13N3.C2H6/c1-16-12-8-4-5-9-13(12)17-11-7-3-2-6-10(11)15-14(16)17;1-2/h2-9,14-15H,1H3;1-2H3. The summed E-state index contributed by atoms with van der Waals surface area (Å²) >= 11 is 0. The molecular weight excluding hydrogens is 234 g/mol. The number of fused-ring (bicyclic) bond motifs is 5. The summed E-state index contributed by atoms with van der Waals surface area (Å²) in [5.74, 6) is 0. The largest absolute Gasteiger partial charge is 0.346 e. The molecule has 0 bridgehead atoms. The van der Waals surface area contributed by atoms with Crippen molar-refractivity contribution in [3.63, 3.8) is 0 Å². The van der Waals surface area contributed by atoms with Gasteiger partial charge in [-0.2, -0.15) is 0 Å². The molecule has 0 aliphatic carbocycles. The second kappa shape index (κ2) is 4.50. The molecule has 2 aromatic rings. The minimum atomic E-state index is 0.213. The van der Waals surface area contributed by atoms with Gasteiger partial charge in [-0.1, -0.05) is 38.1 Å². The molecule has 19 heavy (non-hydrogen) atoms. The number of hydrogen-bond donors (Lipinski definition) is 1. The Morgan fingerprint density at radius 1 is 0.842 bits per heavy atom. The van der Waals surface area contributed by atoms with Crippen LogP contribution in [0.3, 0.4) is 0 Å². The van der Waals surface area contributed by atoms with Gasteiger partial charge in [-0.05, 0) is 24.3 Å². The van der Waals surface area contributed by atoms with Crippen LogP contribution in [0.1, 0.15) is 13.8 Å². The van der Waals surface area contributed by atoms with Crippen LogP contribution in [0.25, 0.3) is 0 Å². The normalized spacial score (nSPS) is 17.9. The lowest BCUT2D eigenvalue weighted by molar-refractivity contribution is 0.777. The van der Waals surface area contributed by atoms with Crippen molar-refractivity contribution in [2.75, 3.05) is 22.2 Å². The van der Waals surface area contributed by atoms with Crippen molar-refractivity contribution in [2.24, 2.45) is 0 Å². The third kappa shape index (κ3) is 1.58. The molecule has 0 amide bonds. The zero-order chi connectivity index (χ0) is 13.4. The summed E-state index contributed by atoms with van der Waals surface area (Å²) in [4.78, 5) is 4.62. The van der Waals surface area contributed by atoms with Gasteiger partial charge in [0.15, 0.2) is 6.29 Å². The summed E-state index contributed by atoms with van der Waals surface area (Å²) in [5.41, 5.74) is 5.02. The van der Waals surface area contributed by atoms with Crippen molar-refractivity contribution in [1.82, 2.24) is 0 Å². The molecule has 2 heterocycles. The number of hydrogen-bond acceptors (Lipinski definition) is 3. The summed E-state index contributed by atoms with van der Waals surface area (Å²) in [6.45, 7) is 4.00. The van der Waals surface area contributed by atoms with Crippen LogP contribution in [0, 0.1) is 0 Å². The lowest BCUT2D eigenvalue weighted by atomic mass is 10.2. The number of anilines is 4. The van der Waals surface area contributed by atoms with Crippen LogP contribution in [-0.2, 0) is 0 Å². The van der Waals surface area contributed by atoms with Gasteiger partial charge >= 0.3 is 0 Å². The van der Waals surface area contributed by atoms with Crippen molar-refractivity contribution in [3.8, 4) is 0 Å². The van der Waals surface area contributed by atoms with Crippen LogP contribution in [0.2, 0.25) is 0 Å². The highest BCUT2D eigenvalue weighted by molar-refractivity contribution is 5.92. The molecule has 0 saturated carbocycles. The SMILES string of the molecule is CC.CN1c2ccccc2N2c3ccccc3NC12. The lowest BCUT2D eigenvalue weighted by Crippen LogP contribution is -2.40. The topological polar surface area (TPSA) is 18.5 Å². The zero-order valence-corrected chi connectivity index (χ0v) is 11.6. The molecule has 3 nitrogen and oxygen atoms in total. The van der Waals surface area contributed by atoms with Gasteiger partial charge in [0.05, 0.1) is 22.7 Å². The number of nitrogens with zero attached hydrogens (tertiary/aromatic N) is 2. The quantitative estimate of drug-likeness (QED) is 0.765. The molecule has 2 aliphatic rings. The second-order valence-corrected chi connectivity index (χ2v) is 4.50. The summed E-state index contributed by atoms with van der Waals surface area (Å²) < 4.78 is 0. The Morgan fingerprint density at radius 3 is 2.16 bits per heavy atom. The maximum Gasteiger partial charge on any atom is 0.183 e. The fourth-order valence-corrected chi connectivity index (χ4v) is 2.77. The summed E-state index contributed by atoms with van der Waals surface area (Å²) in [5, 5.41) is 3.54. The highest BCUT2D eigenvalue weighted by Crippen LogP contribution is 2.49. The van der Waals surface area contributed by atoms with Gasteiger partial charge in [0.1, 0.15) is 0 Å². The van der Waals surface area contributed by atoms with E-state index in [-0.39, 0.29) is 6.29 Å². The lowest BCUT2D eigenvalue weighted by Gasteiger charge is -2.23. The molecular formula is C16H19N3. The molecule has 0 radical (unpaired) electrons. The fraction of sp³-hybridized carbons (Fsp3) is 0.250. The van der Waals surface area contributed by atoms with Crippen LogP contribution in [0.4, 0.5) is 22.7 Å². The first-order chi connectivity index (χ1) is 9.36. The maximum atomic E-state index is 3.54. The van der Waals surface area contributed by atoms with Crippen LogP contribution in [0.15, 0.2) is 48.5 Å². The Balaban J connectivity index is 0.000000528. The molecule has 0 spiro atoms. The van der Waals surface area contributed by atoms with E-state index in [1.807, 2.05) is 13.8 Å². The average molecular weight is 253 g/mol. The molecule has 98 valence electrons. The fourth-order valence-electron chi connectivity index (χ4n) is 2.77.